The maximum absolute atomic E-state index is 12.0. The van der Waals surface area contributed by atoms with Gasteiger partial charge in [-0.2, -0.15) is 0 Å². The van der Waals surface area contributed by atoms with E-state index in [1.54, 1.807) is 0 Å². The topological polar surface area (TPSA) is 81.7 Å². The summed E-state index contributed by atoms with van der Waals surface area (Å²) in [6.45, 7) is 5.83. The van der Waals surface area contributed by atoms with Gasteiger partial charge >= 0.3 is 5.97 Å². The second kappa shape index (κ2) is 7.75. The molecule has 6 nitrogen and oxygen atoms in total. The summed E-state index contributed by atoms with van der Waals surface area (Å²) in [6, 6.07) is 0. The van der Waals surface area contributed by atoms with Crippen LogP contribution >= 0.6 is 0 Å². The van der Waals surface area contributed by atoms with Crippen LogP contribution in [0, 0.1) is 5.41 Å². The molecular weight excluding hydrogens is 270 g/mol. The maximum Gasteiger partial charge on any atom is 0.310 e. The first kappa shape index (κ1) is 16.2. The minimum absolute atomic E-state index is 0.111. The number of hydrogen-bond acceptors (Lipinski definition) is 4. The number of rotatable bonds is 7. The van der Waals surface area contributed by atoms with Gasteiger partial charge in [0, 0.05) is 39.1 Å². The Morgan fingerprint density at radius 1 is 1.19 bits per heavy atom. The highest BCUT2D eigenvalue weighted by Gasteiger charge is 2.42. The molecule has 0 radical (unpaired) electrons. The molecule has 0 atom stereocenters. The lowest BCUT2D eigenvalue weighted by molar-refractivity contribution is -0.151. The number of hydrogen-bond donors (Lipinski definition) is 3. The zero-order chi connectivity index (χ0) is 15.1. The second-order valence-corrected chi connectivity index (χ2v) is 6.26. The SMILES string of the molecule is O=C(CC1(C(=O)O)CCCC1)NCCCN1CCNCC1. The molecule has 0 aromatic carbocycles. The Morgan fingerprint density at radius 2 is 1.86 bits per heavy atom. The third-order valence-corrected chi connectivity index (χ3v) is 4.70. The number of nitrogens with one attached hydrogen (secondary N) is 2. The molecular formula is C15H27N3O3. The Balaban J connectivity index is 1.63. The number of piperazine rings is 1. The standard InChI is InChI=1S/C15H27N3O3/c19-13(12-15(14(20)21)4-1-2-5-15)17-6-3-9-18-10-7-16-8-11-18/h16H,1-12H2,(H,17,19)(H,20,21). The summed E-state index contributed by atoms with van der Waals surface area (Å²) in [7, 11) is 0. The highest BCUT2D eigenvalue weighted by molar-refractivity contribution is 5.85. The number of aliphatic carboxylic acids is 1. The minimum atomic E-state index is -0.809. The quantitative estimate of drug-likeness (QED) is 0.594. The Labute approximate surface area is 126 Å². The van der Waals surface area contributed by atoms with E-state index in [1.807, 2.05) is 0 Å². The van der Waals surface area contributed by atoms with Crippen molar-refractivity contribution in [3.05, 3.63) is 0 Å². The van der Waals surface area contributed by atoms with Gasteiger partial charge in [-0.25, -0.2) is 0 Å². The molecule has 0 spiro atoms. The van der Waals surface area contributed by atoms with Crippen LogP contribution in [0.15, 0.2) is 0 Å². The average molecular weight is 297 g/mol. The van der Waals surface area contributed by atoms with Crippen LogP contribution in [-0.4, -0.2) is 61.2 Å². The van der Waals surface area contributed by atoms with E-state index in [9.17, 15) is 14.7 Å². The first-order chi connectivity index (χ1) is 10.1. The molecule has 6 heteroatoms. The van der Waals surface area contributed by atoms with Crippen molar-refractivity contribution in [2.24, 2.45) is 5.41 Å². The van der Waals surface area contributed by atoms with Gasteiger partial charge in [0.1, 0.15) is 0 Å². The summed E-state index contributed by atoms with van der Waals surface area (Å²) in [4.78, 5) is 25.8. The first-order valence-corrected chi connectivity index (χ1v) is 8.06. The molecule has 0 aromatic rings. The van der Waals surface area contributed by atoms with E-state index in [0.29, 0.717) is 19.4 Å². The lowest BCUT2D eigenvalue weighted by atomic mass is 9.82. The van der Waals surface area contributed by atoms with Crippen molar-refractivity contribution in [3.8, 4) is 0 Å². The van der Waals surface area contributed by atoms with Crippen molar-refractivity contribution in [1.82, 2.24) is 15.5 Å². The zero-order valence-electron chi connectivity index (χ0n) is 12.7. The van der Waals surface area contributed by atoms with Crippen LogP contribution in [0.4, 0.5) is 0 Å². The third kappa shape index (κ3) is 4.68. The lowest BCUT2D eigenvalue weighted by Crippen LogP contribution is -2.44. The van der Waals surface area contributed by atoms with Crippen molar-refractivity contribution >= 4 is 11.9 Å². The van der Waals surface area contributed by atoms with Crippen LogP contribution in [0.3, 0.4) is 0 Å². The number of carboxylic acids is 1. The van der Waals surface area contributed by atoms with Crippen LogP contribution < -0.4 is 10.6 Å². The van der Waals surface area contributed by atoms with Crippen molar-refractivity contribution in [2.75, 3.05) is 39.3 Å². The lowest BCUT2D eigenvalue weighted by Gasteiger charge is -2.27. The van der Waals surface area contributed by atoms with E-state index < -0.39 is 11.4 Å². The third-order valence-electron chi connectivity index (χ3n) is 4.70. The Bertz CT molecular complexity index is 361. The molecule has 1 saturated heterocycles. The maximum atomic E-state index is 12.0. The fourth-order valence-electron chi connectivity index (χ4n) is 3.35. The number of carbonyl (C=O) groups excluding carboxylic acids is 1. The zero-order valence-corrected chi connectivity index (χ0v) is 12.7. The molecule has 0 bridgehead atoms. The fourth-order valence-corrected chi connectivity index (χ4v) is 3.35. The number of nitrogens with zero attached hydrogens (tertiary/aromatic N) is 1. The average Bonchev–Trinajstić information content (AvgIpc) is 2.94. The van der Waals surface area contributed by atoms with Crippen LogP contribution in [0.2, 0.25) is 0 Å². The molecule has 120 valence electrons. The molecule has 0 unspecified atom stereocenters. The highest BCUT2D eigenvalue weighted by Crippen LogP contribution is 2.41. The summed E-state index contributed by atoms with van der Waals surface area (Å²) in [5.74, 6) is -0.921. The minimum Gasteiger partial charge on any atom is -0.481 e. The molecule has 1 saturated carbocycles. The van der Waals surface area contributed by atoms with Gasteiger partial charge in [-0.05, 0) is 25.8 Å². The van der Waals surface area contributed by atoms with Gasteiger partial charge in [0.15, 0.2) is 0 Å². The number of amides is 1. The molecule has 2 fully saturated rings. The van der Waals surface area contributed by atoms with E-state index in [2.05, 4.69) is 15.5 Å². The van der Waals surface area contributed by atoms with E-state index in [1.165, 1.54) is 0 Å². The van der Waals surface area contributed by atoms with Crippen LogP contribution in [0.5, 0.6) is 0 Å². The van der Waals surface area contributed by atoms with Gasteiger partial charge in [0.25, 0.3) is 0 Å². The van der Waals surface area contributed by atoms with Crippen molar-refractivity contribution in [3.63, 3.8) is 0 Å². The number of carbonyl (C=O) groups is 2. The first-order valence-electron chi connectivity index (χ1n) is 8.06. The van der Waals surface area contributed by atoms with Crippen molar-refractivity contribution in [1.29, 1.82) is 0 Å². The Hall–Kier alpha value is -1.14. The van der Waals surface area contributed by atoms with Gasteiger partial charge in [-0.1, -0.05) is 12.8 Å². The van der Waals surface area contributed by atoms with Crippen molar-refractivity contribution in [2.45, 2.75) is 38.5 Å². The van der Waals surface area contributed by atoms with E-state index in [0.717, 1.165) is 52.0 Å². The Morgan fingerprint density at radius 3 is 2.48 bits per heavy atom. The summed E-state index contributed by atoms with van der Waals surface area (Å²) in [5.41, 5.74) is -0.803. The molecule has 1 aliphatic carbocycles. The van der Waals surface area contributed by atoms with Crippen LogP contribution in [-0.2, 0) is 9.59 Å². The van der Waals surface area contributed by atoms with Gasteiger partial charge in [0.2, 0.25) is 5.91 Å². The van der Waals surface area contributed by atoms with Crippen LogP contribution in [0.25, 0.3) is 0 Å². The van der Waals surface area contributed by atoms with E-state index >= 15 is 0 Å². The molecule has 1 aliphatic heterocycles. The molecule has 1 heterocycles. The molecule has 1 amide bonds. The van der Waals surface area contributed by atoms with E-state index in [4.69, 9.17) is 0 Å². The fraction of sp³-hybridized carbons (Fsp3) is 0.867. The van der Waals surface area contributed by atoms with Gasteiger partial charge in [-0.3, -0.25) is 9.59 Å². The number of carboxylic acid groups (broad SMARTS) is 1. The Kier molecular flexibility index (Phi) is 5.99. The molecule has 2 rings (SSSR count). The summed E-state index contributed by atoms with van der Waals surface area (Å²) >= 11 is 0. The molecule has 3 N–H and O–H groups in total. The smallest absolute Gasteiger partial charge is 0.310 e. The molecule has 2 aliphatic rings. The molecule has 21 heavy (non-hydrogen) atoms. The predicted molar refractivity (Wildman–Crippen MR) is 80.1 cm³/mol. The molecule has 0 aromatic heterocycles. The normalized spacial score (nSPS) is 22.1. The monoisotopic (exact) mass is 297 g/mol. The predicted octanol–water partition coefficient (Wildman–Crippen LogP) is 0.433. The summed E-state index contributed by atoms with van der Waals surface area (Å²) in [5, 5.41) is 15.6. The largest absolute Gasteiger partial charge is 0.481 e. The highest BCUT2D eigenvalue weighted by atomic mass is 16.4. The summed E-state index contributed by atoms with van der Waals surface area (Å²) < 4.78 is 0. The van der Waals surface area contributed by atoms with Crippen molar-refractivity contribution < 1.29 is 14.7 Å². The summed E-state index contributed by atoms with van der Waals surface area (Å²) in [6.07, 6.45) is 4.17. The second-order valence-electron chi connectivity index (χ2n) is 6.26. The van der Waals surface area contributed by atoms with Gasteiger partial charge in [0.05, 0.1) is 5.41 Å². The van der Waals surface area contributed by atoms with Gasteiger partial charge < -0.3 is 20.6 Å². The van der Waals surface area contributed by atoms with E-state index in [-0.39, 0.29) is 12.3 Å². The van der Waals surface area contributed by atoms with Crippen LogP contribution in [0.1, 0.15) is 38.5 Å². The van der Waals surface area contributed by atoms with Gasteiger partial charge in [-0.15, -0.1) is 0 Å².